The summed E-state index contributed by atoms with van der Waals surface area (Å²) in [5.74, 6) is 0.363. The highest BCUT2D eigenvalue weighted by atomic mass is 32.2. The van der Waals surface area contributed by atoms with Crippen molar-refractivity contribution in [2.24, 2.45) is 0 Å². The fourth-order valence-corrected chi connectivity index (χ4v) is 4.96. The third-order valence-corrected chi connectivity index (χ3v) is 6.27. The van der Waals surface area contributed by atoms with Crippen LogP contribution in [0.1, 0.15) is 50.7 Å². The molecule has 5 heteroatoms. The first kappa shape index (κ1) is 22.6. The highest BCUT2D eigenvalue weighted by molar-refractivity contribution is 7.86. The summed E-state index contributed by atoms with van der Waals surface area (Å²) in [6, 6.07) is 21.0. The number of rotatable bonds is 11. The largest absolute Gasteiger partial charge is 0.303 e. The summed E-state index contributed by atoms with van der Waals surface area (Å²) < 4.78 is 29.5. The first-order chi connectivity index (χ1) is 13.2. The summed E-state index contributed by atoms with van der Waals surface area (Å²) in [4.78, 5) is 2.15. The van der Waals surface area contributed by atoms with Crippen LogP contribution in [0.25, 0.3) is 0 Å². The van der Waals surface area contributed by atoms with Gasteiger partial charge in [0.1, 0.15) is 0 Å². The molecule has 154 valence electrons. The van der Waals surface area contributed by atoms with Crippen molar-refractivity contribution in [3.8, 4) is 0 Å². The first-order valence-corrected chi connectivity index (χ1v) is 11.5. The fraction of sp³-hybridized carbons (Fsp3) is 0.478. The Kier molecular flexibility index (Phi) is 8.23. The topological polar surface area (TPSA) is 46.6 Å². The SMILES string of the molecule is CCCS(=O)(=O)OC(C)(C)CN(C)CCC(c1ccccc1)c1ccccc1. The van der Waals surface area contributed by atoms with Crippen molar-refractivity contribution >= 4 is 10.1 Å². The van der Waals surface area contributed by atoms with Crippen molar-refractivity contribution in [2.75, 3.05) is 25.9 Å². The van der Waals surface area contributed by atoms with E-state index in [0.717, 1.165) is 13.0 Å². The predicted octanol–water partition coefficient (Wildman–Crippen LogP) is 4.68. The van der Waals surface area contributed by atoms with Crippen molar-refractivity contribution in [3.05, 3.63) is 71.8 Å². The van der Waals surface area contributed by atoms with Crippen LogP contribution in [-0.4, -0.2) is 44.8 Å². The van der Waals surface area contributed by atoms with Crippen LogP contribution in [-0.2, 0) is 14.3 Å². The van der Waals surface area contributed by atoms with Gasteiger partial charge in [-0.2, -0.15) is 8.42 Å². The molecule has 0 atom stereocenters. The smallest absolute Gasteiger partial charge is 0.267 e. The Balaban J connectivity index is 2.02. The molecule has 0 saturated heterocycles. The zero-order chi connectivity index (χ0) is 20.6. The monoisotopic (exact) mass is 403 g/mol. The number of hydrogen-bond donors (Lipinski definition) is 0. The van der Waals surface area contributed by atoms with Gasteiger partial charge in [-0.25, -0.2) is 0 Å². The van der Waals surface area contributed by atoms with Crippen molar-refractivity contribution in [1.82, 2.24) is 4.90 Å². The molecule has 2 rings (SSSR count). The van der Waals surface area contributed by atoms with E-state index < -0.39 is 15.7 Å². The fourth-order valence-electron chi connectivity index (χ4n) is 3.64. The van der Waals surface area contributed by atoms with Gasteiger partial charge < -0.3 is 4.90 Å². The Bertz CT molecular complexity index is 765. The number of benzene rings is 2. The minimum Gasteiger partial charge on any atom is -0.303 e. The Morgan fingerprint density at radius 3 is 1.93 bits per heavy atom. The predicted molar refractivity (Wildman–Crippen MR) is 116 cm³/mol. The maximum Gasteiger partial charge on any atom is 0.267 e. The Hall–Kier alpha value is -1.69. The van der Waals surface area contributed by atoms with Gasteiger partial charge in [0.25, 0.3) is 10.1 Å². The van der Waals surface area contributed by atoms with Crippen LogP contribution in [0.3, 0.4) is 0 Å². The summed E-state index contributed by atoms with van der Waals surface area (Å²) in [5.41, 5.74) is 1.84. The molecule has 0 unspecified atom stereocenters. The normalized spacial score (nSPS) is 12.6. The maximum absolute atomic E-state index is 12.0. The van der Waals surface area contributed by atoms with E-state index in [1.54, 1.807) is 0 Å². The molecule has 0 amide bonds. The van der Waals surface area contributed by atoms with Crippen LogP contribution in [0, 0.1) is 0 Å². The highest BCUT2D eigenvalue weighted by Crippen LogP contribution is 2.28. The van der Waals surface area contributed by atoms with E-state index in [1.807, 2.05) is 40.0 Å². The van der Waals surface area contributed by atoms with Crippen molar-refractivity contribution in [3.63, 3.8) is 0 Å². The Labute approximate surface area is 170 Å². The lowest BCUT2D eigenvalue weighted by Gasteiger charge is -2.30. The van der Waals surface area contributed by atoms with Crippen molar-refractivity contribution in [1.29, 1.82) is 0 Å². The lowest BCUT2D eigenvalue weighted by atomic mass is 9.88. The summed E-state index contributed by atoms with van der Waals surface area (Å²) >= 11 is 0. The first-order valence-electron chi connectivity index (χ1n) is 9.94. The van der Waals surface area contributed by atoms with Crippen molar-refractivity contribution in [2.45, 2.75) is 45.1 Å². The van der Waals surface area contributed by atoms with Gasteiger partial charge in [-0.1, -0.05) is 67.6 Å². The van der Waals surface area contributed by atoms with Crippen LogP contribution in [0.15, 0.2) is 60.7 Å². The maximum atomic E-state index is 12.0. The standard InChI is InChI=1S/C23H33NO3S/c1-5-18-28(25,26)27-23(2,3)19-24(4)17-16-22(20-12-8-6-9-13-20)21-14-10-7-11-15-21/h6-15,22H,5,16-19H2,1-4H3. The average molecular weight is 404 g/mol. The molecule has 0 aliphatic heterocycles. The highest BCUT2D eigenvalue weighted by Gasteiger charge is 2.28. The summed E-state index contributed by atoms with van der Waals surface area (Å²) in [6.45, 7) is 6.90. The molecule has 0 radical (unpaired) electrons. The van der Waals surface area contributed by atoms with E-state index in [4.69, 9.17) is 4.18 Å². The molecule has 2 aromatic carbocycles. The molecule has 2 aromatic rings. The Morgan fingerprint density at radius 2 is 1.46 bits per heavy atom. The van der Waals surface area contributed by atoms with E-state index in [0.29, 0.717) is 18.9 Å². The molecule has 4 nitrogen and oxygen atoms in total. The quantitative estimate of drug-likeness (QED) is 0.511. The van der Waals surface area contributed by atoms with Gasteiger partial charge in [0.05, 0.1) is 11.4 Å². The van der Waals surface area contributed by atoms with E-state index in [9.17, 15) is 8.42 Å². The molecule has 28 heavy (non-hydrogen) atoms. The Morgan fingerprint density at radius 1 is 0.964 bits per heavy atom. The molecule has 0 aliphatic rings. The molecule has 0 bridgehead atoms. The van der Waals surface area contributed by atoms with Gasteiger partial charge in [-0.05, 0) is 51.4 Å². The van der Waals surface area contributed by atoms with Crippen molar-refractivity contribution < 1.29 is 12.6 Å². The third kappa shape index (κ3) is 7.38. The third-order valence-electron chi connectivity index (χ3n) is 4.66. The second-order valence-corrected chi connectivity index (χ2v) is 9.70. The van der Waals surface area contributed by atoms with Gasteiger partial charge in [0.2, 0.25) is 0 Å². The molecule has 0 saturated carbocycles. The van der Waals surface area contributed by atoms with Gasteiger partial charge in [0, 0.05) is 12.5 Å². The summed E-state index contributed by atoms with van der Waals surface area (Å²) in [7, 11) is -1.46. The summed E-state index contributed by atoms with van der Waals surface area (Å²) in [6.07, 6.45) is 1.51. The van der Waals surface area contributed by atoms with Crippen LogP contribution < -0.4 is 0 Å². The molecule has 0 fully saturated rings. The summed E-state index contributed by atoms with van der Waals surface area (Å²) in [5, 5.41) is 0. The molecule has 0 aromatic heterocycles. The molecule has 0 N–H and O–H groups in total. The van der Waals surface area contributed by atoms with Crippen LogP contribution in [0.4, 0.5) is 0 Å². The second kappa shape index (κ2) is 10.2. The molecule has 0 spiro atoms. The van der Waals surface area contributed by atoms with Gasteiger partial charge in [-0.15, -0.1) is 0 Å². The lowest BCUT2D eigenvalue weighted by Crippen LogP contribution is -2.41. The zero-order valence-electron chi connectivity index (χ0n) is 17.5. The van der Waals surface area contributed by atoms with E-state index >= 15 is 0 Å². The van der Waals surface area contributed by atoms with E-state index in [2.05, 4.69) is 53.4 Å². The van der Waals surface area contributed by atoms with Gasteiger partial charge in [-0.3, -0.25) is 4.18 Å². The molecular weight excluding hydrogens is 370 g/mol. The second-order valence-electron chi connectivity index (χ2n) is 8.01. The van der Waals surface area contributed by atoms with Gasteiger partial charge >= 0.3 is 0 Å². The van der Waals surface area contributed by atoms with E-state index in [-0.39, 0.29) is 5.75 Å². The zero-order valence-corrected chi connectivity index (χ0v) is 18.3. The van der Waals surface area contributed by atoms with Crippen LogP contribution in [0.5, 0.6) is 0 Å². The average Bonchev–Trinajstić information content (AvgIpc) is 2.62. The number of likely N-dealkylation sites (N-methyl/N-ethyl adjacent to an activating group) is 1. The number of hydrogen-bond acceptors (Lipinski definition) is 4. The minimum atomic E-state index is -3.48. The van der Waals surface area contributed by atoms with Crippen LogP contribution >= 0.6 is 0 Å². The van der Waals surface area contributed by atoms with Crippen LogP contribution in [0.2, 0.25) is 0 Å². The minimum absolute atomic E-state index is 0.0598. The number of nitrogens with zero attached hydrogens (tertiary/aromatic N) is 1. The lowest BCUT2D eigenvalue weighted by molar-refractivity contribution is 0.0752. The van der Waals surface area contributed by atoms with E-state index in [1.165, 1.54) is 11.1 Å². The molecule has 0 heterocycles. The molecular formula is C23H33NO3S. The van der Waals surface area contributed by atoms with Gasteiger partial charge in [0.15, 0.2) is 0 Å². The molecule has 0 aliphatic carbocycles.